The normalized spacial score (nSPS) is 12.9. The fourth-order valence-electron chi connectivity index (χ4n) is 20.0. The van der Waals surface area contributed by atoms with Gasteiger partial charge in [-0.1, -0.05) is 410 Å². The average Bonchev–Trinajstić information content (AvgIpc) is 1.47. The van der Waals surface area contributed by atoms with Crippen molar-refractivity contribution in [1.82, 2.24) is 0 Å². The molecule has 0 amide bonds. The molecule has 21 aromatic rings. The second-order valence-electron chi connectivity index (χ2n) is 33.2. The van der Waals surface area contributed by atoms with Crippen LogP contribution < -0.4 is 0 Å². The molecule has 0 heterocycles. The van der Waals surface area contributed by atoms with Crippen molar-refractivity contribution in [3.05, 3.63) is 447 Å². The largest absolute Gasteiger partial charge is 0.0622 e. The molecule has 0 saturated heterocycles. The fourth-order valence-corrected chi connectivity index (χ4v) is 20.0. The van der Waals surface area contributed by atoms with Gasteiger partial charge in [0.25, 0.3) is 0 Å². The van der Waals surface area contributed by atoms with Crippen LogP contribution in [0, 0.1) is 0 Å². The third-order valence-electron chi connectivity index (χ3n) is 25.9. The van der Waals surface area contributed by atoms with Crippen LogP contribution >= 0.6 is 0 Å². The first-order chi connectivity index (χ1) is 58.0. The summed E-state index contributed by atoms with van der Waals surface area (Å²) in [6, 6.07) is 158. The van der Waals surface area contributed by atoms with Crippen molar-refractivity contribution >= 4 is 75.4 Å². The topological polar surface area (TPSA) is 0 Å². The van der Waals surface area contributed by atoms with Crippen LogP contribution in [0.25, 0.3) is 209 Å². The highest BCUT2D eigenvalue weighted by Crippen LogP contribution is 2.57. The molecular formula is C118H82. The molecule has 0 heteroatoms. The lowest BCUT2D eigenvalue weighted by atomic mass is 9.79. The molecule has 0 fully saturated rings. The number of benzene rings is 21. The summed E-state index contributed by atoms with van der Waals surface area (Å²) in [6.45, 7) is 9.57. The van der Waals surface area contributed by atoms with Crippen molar-refractivity contribution in [3.63, 3.8) is 0 Å². The highest BCUT2D eigenvalue weighted by atomic mass is 14.4. The van der Waals surface area contributed by atoms with Crippen LogP contribution in [0.2, 0.25) is 0 Å². The van der Waals surface area contributed by atoms with E-state index in [0.717, 1.165) is 0 Å². The average molecular weight is 1500 g/mol. The quantitative estimate of drug-likeness (QED) is 0.0946. The molecule has 0 atom stereocenters. The molecule has 0 aliphatic heterocycles. The predicted octanol–water partition coefficient (Wildman–Crippen LogP) is 32.7. The van der Waals surface area contributed by atoms with E-state index in [1.54, 1.807) is 0 Å². The standard InChI is InChI=1S/C61H42.C57H40/c1-61(2)57-24-14-13-23-50(57)53-37-55-56(38-58(53)61)60(44-31-27-42(28-32-44)40-17-7-4-8-18-40)54-36-46(52-35-45-19-9-10-20-47(45)48-21-11-12-22-49(48)52)33-34-51(54)59(55)43-29-25-41(26-30-43)39-15-5-3-6-16-39;1-57(2)53-23-12-11-21-47(53)49-35-51-52(36-54(49)57)56(43-30-26-40(27-31-43)38-16-7-4-8-17-38)50-34-44(46-22-13-19-41-18-9-10-20-45(41)46)32-33-48(50)55(51)42-28-24-39(25-29-42)37-14-5-3-6-15-37/h3-38H,1-2H3;3-36H,1-2H3. The monoisotopic (exact) mass is 1500 g/mol. The molecule has 0 bridgehead atoms. The van der Waals surface area contributed by atoms with E-state index in [-0.39, 0.29) is 10.8 Å². The Bertz CT molecular complexity index is 7550. The summed E-state index contributed by atoms with van der Waals surface area (Å²) in [5.41, 5.74) is 35.3. The molecule has 554 valence electrons. The molecule has 118 heavy (non-hydrogen) atoms. The lowest BCUT2D eigenvalue weighted by Crippen LogP contribution is -2.14. The van der Waals surface area contributed by atoms with Gasteiger partial charge in [-0.2, -0.15) is 0 Å². The van der Waals surface area contributed by atoms with Gasteiger partial charge < -0.3 is 0 Å². The first-order valence-corrected chi connectivity index (χ1v) is 41.4. The number of rotatable bonds is 10. The third-order valence-corrected chi connectivity index (χ3v) is 25.9. The summed E-state index contributed by atoms with van der Waals surface area (Å²) in [4.78, 5) is 0. The van der Waals surface area contributed by atoms with Crippen LogP contribution in [0.1, 0.15) is 49.9 Å². The molecule has 0 saturated carbocycles. The molecule has 21 aromatic carbocycles. The van der Waals surface area contributed by atoms with Crippen LogP contribution in [0.15, 0.2) is 425 Å². The highest BCUT2D eigenvalue weighted by Gasteiger charge is 2.38. The minimum absolute atomic E-state index is 0.133. The Labute approximate surface area is 689 Å². The van der Waals surface area contributed by atoms with Crippen molar-refractivity contribution in [1.29, 1.82) is 0 Å². The summed E-state index contributed by atoms with van der Waals surface area (Å²) in [5, 5.41) is 17.7. The third kappa shape index (κ3) is 11.6. The molecule has 0 unspecified atom stereocenters. The Hall–Kier alpha value is -14.6. The van der Waals surface area contributed by atoms with Gasteiger partial charge in [0.1, 0.15) is 0 Å². The van der Waals surface area contributed by atoms with Gasteiger partial charge in [-0.25, -0.2) is 0 Å². The second kappa shape index (κ2) is 28.2. The molecule has 2 aliphatic carbocycles. The van der Waals surface area contributed by atoms with Crippen LogP contribution in [0.5, 0.6) is 0 Å². The Morgan fingerprint density at radius 2 is 0.407 bits per heavy atom. The second-order valence-corrected chi connectivity index (χ2v) is 33.2. The lowest BCUT2D eigenvalue weighted by molar-refractivity contribution is 0.661. The van der Waals surface area contributed by atoms with Gasteiger partial charge in [-0.05, 0) is 274 Å². The SMILES string of the molecule is CC1(C)c2ccccc2-c2cc3c(-c4ccc(-c5ccccc5)cc4)c4ccc(-c5cc6ccccc6c6ccccc56)cc4c(-c4ccc(-c5ccccc5)cc4)c3cc21.CC1(C)c2ccccc2-c2cc3c(-c4ccc(-c5ccccc5)cc4)c4ccc(-c5cccc6ccccc56)cc4c(-c4ccc(-c5ccccc5)cc4)c3cc21. The lowest BCUT2D eigenvalue weighted by Gasteiger charge is -2.24. The summed E-state index contributed by atoms with van der Waals surface area (Å²) in [5.74, 6) is 0. The van der Waals surface area contributed by atoms with Crippen LogP contribution in [0.3, 0.4) is 0 Å². The van der Waals surface area contributed by atoms with Crippen molar-refractivity contribution in [2.75, 3.05) is 0 Å². The van der Waals surface area contributed by atoms with Gasteiger partial charge in [0.2, 0.25) is 0 Å². The summed E-state index contributed by atoms with van der Waals surface area (Å²) in [6.07, 6.45) is 0. The number of fused-ring (bicyclic) bond motifs is 14. The van der Waals surface area contributed by atoms with Crippen molar-refractivity contribution < 1.29 is 0 Å². The maximum absolute atomic E-state index is 2.55. The minimum Gasteiger partial charge on any atom is -0.0622 e. The van der Waals surface area contributed by atoms with Gasteiger partial charge in [0.05, 0.1) is 0 Å². The summed E-state index contributed by atoms with van der Waals surface area (Å²) < 4.78 is 0. The van der Waals surface area contributed by atoms with Crippen LogP contribution in [-0.2, 0) is 10.8 Å². The zero-order valence-electron chi connectivity index (χ0n) is 66.4. The Kier molecular flexibility index (Phi) is 16.7. The molecule has 2 aliphatic rings. The van der Waals surface area contributed by atoms with E-state index in [9.17, 15) is 0 Å². The van der Waals surface area contributed by atoms with Gasteiger partial charge >= 0.3 is 0 Å². The van der Waals surface area contributed by atoms with E-state index in [0.29, 0.717) is 0 Å². The van der Waals surface area contributed by atoms with E-state index in [4.69, 9.17) is 0 Å². The Morgan fingerprint density at radius 1 is 0.127 bits per heavy atom. The van der Waals surface area contributed by atoms with E-state index in [1.165, 1.54) is 231 Å². The first-order valence-electron chi connectivity index (χ1n) is 41.4. The van der Waals surface area contributed by atoms with Crippen molar-refractivity contribution in [3.8, 4) is 134 Å². The first kappa shape index (κ1) is 70.1. The molecule has 0 spiro atoms. The fraction of sp³-hybridized carbons (Fsp3) is 0.0508. The van der Waals surface area contributed by atoms with Gasteiger partial charge in [-0.3, -0.25) is 0 Å². The van der Waals surface area contributed by atoms with Crippen LogP contribution in [-0.4, -0.2) is 0 Å². The minimum atomic E-state index is -0.146. The molecule has 0 radical (unpaired) electrons. The van der Waals surface area contributed by atoms with Crippen molar-refractivity contribution in [2.45, 2.75) is 38.5 Å². The summed E-state index contributed by atoms with van der Waals surface area (Å²) in [7, 11) is 0. The maximum Gasteiger partial charge on any atom is 0.0159 e. The van der Waals surface area contributed by atoms with Gasteiger partial charge in [-0.15, -0.1) is 0 Å². The van der Waals surface area contributed by atoms with Crippen molar-refractivity contribution in [2.24, 2.45) is 0 Å². The Balaban J connectivity index is 0.000000143. The van der Waals surface area contributed by atoms with E-state index >= 15 is 0 Å². The maximum atomic E-state index is 2.55. The van der Waals surface area contributed by atoms with Gasteiger partial charge in [0.15, 0.2) is 0 Å². The smallest absolute Gasteiger partial charge is 0.0159 e. The molecular weight excluding hydrogens is 1420 g/mol. The zero-order chi connectivity index (χ0) is 78.7. The molecule has 0 N–H and O–H groups in total. The summed E-state index contributed by atoms with van der Waals surface area (Å²) >= 11 is 0. The Morgan fingerprint density at radius 3 is 0.831 bits per heavy atom. The predicted molar refractivity (Wildman–Crippen MR) is 505 cm³/mol. The molecule has 0 aromatic heterocycles. The number of hydrogen-bond donors (Lipinski definition) is 0. The van der Waals surface area contributed by atoms with E-state index in [1.807, 2.05) is 0 Å². The zero-order valence-corrected chi connectivity index (χ0v) is 66.4. The van der Waals surface area contributed by atoms with E-state index < -0.39 is 0 Å². The van der Waals surface area contributed by atoms with Gasteiger partial charge in [0, 0.05) is 10.8 Å². The van der Waals surface area contributed by atoms with Crippen LogP contribution in [0.4, 0.5) is 0 Å². The number of hydrogen-bond acceptors (Lipinski definition) is 0. The highest BCUT2D eigenvalue weighted by molar-refractivity contribution is 6.26. The molecule has 0 nitrogen and oxygen atoms in total. The molecule has 23 rings (SSSR count). The van der Waals surface area contributed by atoms with E-state index in [2.05, 4.69) is 452 Å².